The van der Waals surface area contributed by atoms with Gasteiger partial charge in [0.25, 0.3) is 5.91 Å². The lowest BCUT2D eigenvalue weighted by atomic mass is 10.1. The van der Waals surface area contributed by atoms with Gasteiger partial charge in [-0.25, -0.2) is 0 Å². The zero-order chi connectivity index (χ0) is 15.2. The number of amides is 1. The maximum Gasteiger partial charge on any atom is 0.271 e. The molecule has 0 aliphatic heterocycles. The molecule has 2 N–H and O–H groups in total. The van der Waals surface area contributed by atoms with Crippen LogP contribution in [0, 0.1) is 0 Å². The molecule has 1 aliphatic rings. The van der Waals surface area contributed by atoms with Gasteiger partial charge in [0, 0.05) is 12.6 Å². The van der Waals surface area contributed by atoms with Crippen LogP contribution in [0.25, 0.3) is 0 Å². The highest BCUT2D eigenvalue weighted by atomic mass is 16.1. The van der Waals surface area contributed by atoms with E-state index in [1.165, 1.54) is 18.4 Å². The van der Waals surface area contributed by atoms with E-state index in [1.807, 2.05) is 24.3 Å². The first-order valence-corrected chi connectivity index (χ1v) is 7.73. The summed E-state index contributed by atoms with van der Waals surface area (Å²) in [5.41, 5.74) is 1.65. The Morgan fingerprint density at radius 2 is 1.91 bits per heavy atom. The predicted octanol–water partition coefficient (Wildman–Crippen LogP) is 2.41. The van der Waals surface area contributed by atoms with Crippen LogP contribution in [-0.4, -0.2) is 28.7 Å². The lowest BCUT2D eigenvalue weighted by Crippen LogP contribution is -2.26. The maximum absolute atomic E-state index is 12.0. The Kier molecular flexibility index (Phi) is 4.63. The Hall–Kier alpha value is -2.43. The molecule has 0 saturated heterocycles. The third kappa shape index (κ3) is 4.28. The third-order valence-electron chi connectivity index (χ3n) is 3.60. The molecule has 0 atom stereocenters. The predicted molar refractivity (Wildman–Crippen MR) is 85.8 cm³/mol. The van der Waals surface area contributed by atoms with Crippen molar-refractivity contribution in [1.29, 1.82) is 0 Å². The van der Waals surface area contributed by atoms with E-state index in [0.29, 0.717) is 18.3 Å². The van der Waals surface area contributed by atoms with Crippen molar-refractivity contribution >= 4 is 11.7 Å². The monoisotopic (exact) mass is 296 g/mol. The molecule has 1 amide bonds. The molecule has 114 valence electrons. The van der Waals surface area contributed by atoms with Gasteiger partial charge in [-0.05, 0) is 43.4 Å². The molecule has 2 aromatic rings. The lowest BCUT2D eigenvalue weighted by Gasteiger charge is -2.06. The Morgan fingerprint density at radius 3 is 2.59 bits per heavy atom. The minimum atomic E-state index is -0.168. The van der Waals surface area contributed by atoms with E-state index in [0.717, 1.165) is 18.7 Å². The van der Waals surface area contributed by atoms with Gasteiger partial charge >= 0.3 is 0 Å². The second-order valence-corrected chi connectivity index (χ2v) is 5.57. The van der Waals surface area contributed by atoms with Crippen molar-refractivity contribution < 1.29 is 4.79 Å². The summed E-state index contributed by atoms with van der Waals surface area (Å²) in [5.74, 6) is 0.571. The van der Waals surface area contributed by atoms with Crippen molar-refractivity contribution in [2.45, 2.75) is 31.7 Å². The zero-order valence-electron chi connectivity index (χ0n) is 12.5. The molecule has 0 bridgehead atoms. The summed E-state index contributed by atoms with van der Waals surface area (Å²) >= 11 is 0. The molecule has 0 radical (unpaired) electrons. The van der Waals surface area contributed by atoms with E-state index in [9.17, 15) is 4.79 Å². The van der Waals surface area contributed by atoms with Gasteiger partial charge in [0.05, 0.1) is 0 Å². The second-order valence-electron chi connectivity index (χ2n) is 5.57. The second kappa shape index (κ2) is 7.02. The molecular weight excluding hydrogens is 276 g/mol. The summed E-state index contributed by atoms with van der Waals surface area (Å²) < 4.78 is 0. The van der Waals surface area contributed by atoms with Crippen molar-refractivity contribution in [3.05, 3.63) is 53.7 Å². The summed E-state index contributed by atoms with van der Waals surface area (Å²) in [6.45, 7) is 0.636. The van der Waals surface area contributed by atoms with Crippen molar-refractivity contribution in [1.82, 2.24) is 15.5 Å². The van der Waals surface area contributed by atoms with Gasteiger partial charge in [0.2, 0.25) is 0 Å². The molecule has 3 rings (SSSR count). The number of rotatable bonds is 7. The van der Waals surface area contributed by atoms with Gasteiger partial charge in [0.1, 0.15) is 5.82 Å². The number of nitrogens with zero attached hydrogens (tertiary/aromatic N) is 2. The van der Waals surface area contributed by atoms with Crippen LogP contribution >= 0.6 is 0 Å². The summed E-state index contributed by atoms with van der Waals surface area (Å²) in [5, 5.41) is 14.1. The minimum absolute atomic E-state index is 0.168. The Balaban J connectivity index is 1.41. The molecule has 1 fully saturated rings. The molecule has 1 heterocycles. The first kappa shape index (κ1) is 14.5. The molecule has 5 heteroatoms. The number of carbonyl (C=O) groups is 1. The molecular formula is C17H20N4O. The number of nitrogens with one attached hydrogen (secondary N) is 2. The molecule has 1 aromatic heterocycles. The molecule has 0 spiro atoms. The van der Waals surface area contributed by atoms with Crippen LogP contribution in [0.15, 0.2) is 42.5 Å². The van der Waals surface area contributed by atoms with Crippen LogP contribution in [0.5, 0.6) is 0 Å². The number of aromatic nitrogens is 2. The van der Waals surface area contributed by atoms with Crippen molar-refractivity contribution in [3.63, 3.8) is 0 Å². The number of benzene rings is 1. The van der Waals surface area contributed by atoms with Crippen LogP contribution in [0.2, 0.25) is 0 Å². The van der Waals surface area contributed by atoms with E-state index in [-0.39, 0.29) is 5.91 Å². The highest BCUT2D eigenvalue weighted by Crippen LogP contribution is 2.23. The minimum Gasteiger partial charge on any atom is -0.366 e. The zero-order valence-corrected chi connectivity index (χ0v) is 12.5. The Bertz CT molecular complexity index is 608. The van der Waals surface area contributed by atoms with Crippen LogP contribution < -0.4 is 10.6 Å². The number of aryl methyl sites for hydroxylation is 1. The first-order valence-electron chi connectivity index (χ1n) is 7.73. The Labute approximate surface area is 130 Å². The number of anilines is 1. The fourth-order valence-corrected chi connectivity index (χ4v) is 2.20. The van der Waals surface area contributed by atoms with E-state index in [4.69, 9.17) is 0 Å². The van der Waals surface area contributed by atoms with Crippen molar-refractivity contribution in [3.8, 4) is 0 Å². The topological polar surface area (TPSA) is 66.9 Å². The molecule has 5 nitrogen and oxygen atoms in total. The summed E-state index contributed by atoms with van der Waals surface area (Å²) in [7, 11) is 0. The van der Waals surface area contributed by atoms with E-state index >= 15 is 0 Å². The molecule has 22 heavy (non-hydrogen) atoms. The molecule has 0 unspecified atom stereocenters. The van der Waals surface area contributed by atoms with E-state index < -0.39 is 0 Å². The number of hydrogen-bond acceptors (Lipinski definition) is 4. The highest BCUT2D eigenvalue weighted by Gasteiger charge is 2.21. The van der Waals surface area contributed by atoms with Crippen LogP contribution in [-0.2, 0) is 6.42 Å². The van der Waals surface area contributed by atoms with Crippen molar-refractivity contribution in [2.75, 3.05) is 11.9 Å². The summed E-state index contributed by atoms with van der Waals surface area (Å²) in [6, 6.07) is 14.3. The molecule has 1 aromatic carbocycles. The highest BCUT2D eigenvalue weighted by molar-refractivity contribution is 5.92. The first-order chi connectivity index (χ1) is 10.8. The fraction of sp³-hybridized carbons (Fsp3) is 0.353. The van der Waals surface area contributed by atoms with Gasteiger partial charge in [0.15, 0.2) is 5.69 Å². The van der Waals surface area contributed by atoms with Gasteiger partial charge in [-0.15, -0.1) is 10.2 Å². The summed E-state index contributed by atoms with van der Waals surface area (Å²) in [4.78, 5) is 12.0. The van der Waals surface area contributed by atoms with Crippen molar-refractivity contribution in [2.24, 2.45) is 0 Å². The van der Waals surface area contributed by atoms with E-state index in [1.54, 1.807) is 6.07 Å². The normalized spacial score (nSPS) is 13.6. The fourth-order valence-electron chi connectivity index (χ4n) is 2.20. The smallest absolute Gasteiger partial charge is 0.271 e. The third-order valence-corrected chi connectivity index (χ3v) is 3.60. The van der Waals surface area contributed by atoms with Gasteiger partial charge < -0.3 is 10.6 Å². The molecule has 1 saturated carbocycles. The van der Waals surface area contributed by atoms with E-state index in [2.05, 4.69) is 33.0 Å². The van der Waals surface area contributed by atoms with Crippen LogP contribution in [0.1, 0.15) is 35.3 Å². The lowest BCUT2D eigenvalue weighted by molar-refractivity contribution is 0.0947. The molecule has 1 aliphatic carbocycles. The number of carbonyl (C=O) groups excluding carboxylic acids is 1. The van der Waals surface area contributed by atoms with Crippen LogP contribution in [0.4, 0.5) is 5.82 Å². The van der Waals surface area contributed by atoms with Gasteiger partial charge in [-0.3, -0.25) is 4.79 Å². The SMILES string of the molecule is O=C(NCCCc1ccccc1)c1ccc(NC2CC2)nn1. The summed E-state index contributed by atoms with van der Waals surface area (Å²) in [6.07, 6.45) is 4.23. The standard InChI is InChI=1S/C17H20N4O/c22-17(18-12-4-7-13-5-2-1-3-6-13)15-10-11-16(21-20-15)19-14-8-9-14/h1-3,5-6,10-11,14H,4,7-9,12H2,(H,18,22)(H,19,21). The van der Waals surface area contributed by atoms with Gasteiger partial charge in [-0.1, -0.05) is 30.3 Å². The Morgan fingerprint density at radius 1 is 1.09 bits per heavy atom. The van der Waals surface area contributed by atoms with Crippen LogP contribution in [0.3, 0.4) is 0 Å². The number of hydrogen-bond donors (Lipinski definition) is 2. The van der Waals surface area contributed by atoms with Gasteiger partial charge in [-0.2, -0.15) is 0 Å². The average Bonchev–Trinajstić information content (AvgIpc) is 3.37. The largest absolute Gasteiger partial charge is 0.366 e. The quantitative estimate of drug-likeness (QED) is 0.770. The maximum atomic E-state index is 12.0. The average molecular weight is 296 g/mol.